The van der Waals surface area contributed by atoms with E-state index in [4.69, 9.17) is 4.74 Å². The summed E-state index contributed by atoms with van der Waals surface area (Å²) < 4.78 is 30.4. The number of rotatable bonds is 0. The fraction of sp³-hybridized carbons (Fsp3) is 1.00. The number of nitrogens with zero attached hydrogens (tertiary/aromatic N) is 1. The Morgan fingerprint density at radius 1 is 1.36 bits per heavy atom. The van der Waals surface area contributed by atoms with Crippen LogP contribution >= 0.6 is 0 Å². The molecule has 64 valence electrons. The Bertz CT molecular complexity index is 177. The molecule has 0 amide bonds. The lowest BCUT2D eigenvalue weighted by atomic mass is 9.91. The molecular weight excluding hydrogens is 152 g/mol. The van der Waals surface area contributed by atoms with Crippen LogP contribution in [0.25, 0.3) is 0 Å². The van der Waals surface area contributed by atoms with Crippen molar-refractivity contribution in [1.82, 2.24) is 4.90 Å². The Balaban J connectivity index is 2.00. The second kappa shape index (κ2) is 1.93. The van der Waals surface area contributed by atoms with Crippen LogP contribution in [0.3, 0.4) is 0 Å². The maximum absolute atomic E-state index is 12.6. The van der Waals surface area contributed by atoms with E-state index in [1.165, 1.54) is 0 Å². The predicted octanol–water partition coefficient (Wildman–Crippen LogP) is 0.726. The summed E-state index contributed by atoms with van der Waals surface area (Å²) in [6.07, 6.45) is -0.0929. The molecule has 0 unspecified atom stereocenters. The molecule has 1 spiro atoms. The molecule has 2 heterocycles. The molecule has 0 aromatic carbocycles. The van der Waals surface area contributed by atoms with Gasteiger partial charge in [0.2, 0.25) is 0 Å². The number of halogens is 2. The summed E-state index contributed by atoms with van der Waals surface area (Å²) in [4.78, 5) is 1.99. The van der Waals surface area contributed by atoms with E-state index in [0.29, 0.717) is 13.1 Å². The van der Waals surface area contributed by atoms with E-state index in [-0.39, 0.29) is 13.0 Å². The van der Waals surface area contributed by atoms with Gasteiger partial charge in [0, 0.05) is 19.5 Å². The molecule has 4 heteroatoms. The van der Waals surface area contributed by atoms with E-state index in [2.05, 4.69) is 0 Å². The van der Waals surface area contributed by atoms with Gasteiger partial charge in [0.05, 0.1) is 5.60 Å². The monoisotopic (exact) mass is 163 g/mol. The summed E-state index contributed by atoms with van der Waals surface area (Å²) in [5.41, 5.74) is -0.502. The summed E-state index contributed by atoms with van der Waals surface area (Å²) in [7, 11) is 1.91. The van der Waals surface area contributed by atoms with Crippen molar-refractivity contribution < 1.29 is 13.5 Å². The summed E-state index contributed by atoms with van der Waals surface area (Å²) in [5.74, 6) is -2.58. The average Bonchev–Trinajstić information content (AvgIpc) is 2.05. The van der Waals surface area contributed by atoms with Gasteiger partial charge in [-0.1, -0.05) is 0 Å². The quantitative estimate of drug-likeness (QED) is 0.522. The standard InChI is InChI=1S/C7H11F2NO/c1-10-3-6(4-10)2-7(8,9)5-11-6/h2-5H2,1H3. The van der Waals surface area contributed by atoms with Crippen molar-refractivity contribution in [2.75, 3.05) is 26.7 Å². The predicted molar refractivity (Wildman–Crippen MR) is 35.7 cm³/mol. The molecule has 0 aliphatic carbocycles. The molecule has 2 fully saturated rings. The third-order valence-corrected chi connectivity index (χ3v) is 2.29. The van der Waals surface area contributed by atoms with Gasteiger partial charge in [-0.3, -0.25) is 0 Å². The highest BCUT2D eigenvalue weighted by Gasteiger charge is 2.55. The van der Waals surface area contributed by atoms with Crippen molar-refractivity contribution in [3.63, 3.8) is 0 Å². The Kier molecular flexibility index (Phi) is 1.30. The molecule has 2 nitrogen and oxygen atoms in total. The molecule has 0 aromatic rings. The lowest BCUT2D eigenvalue weighted by molar-refractivity contribution is -0.101. The zero-order valence-electron chi connectivity index (χ0n) is 6.44. The van der Waals surface area contributed by atoms with E-state index in [0.717, 1.165) is 0 Å². The largest absolute Gasteiger partial charge is 0.366 e. The van der Waals surface area contributed by atoms with Gasteiger partial charge < -0.3 is 9.64 Å². The number of likely N-dealkylation sites (tertiary alicyclic amines) is 1. The average molecular weight is 163 g/mol. The Hall–Kier alpha value is -0.220. The van der Waals surface area contributed by atoms with E-state index in [1.54, 1.807) is 0 Å². The fourth-order valence-electron chi connectivity index (χ4n) is 1.97. The summed E-state index contributed by atoms with van der Waals surface area (Å²) in [6.45, 7) is 0.923. The molecule has 0 N–H and O–H groups in total. The highest BCUT2D eigenvalue weighted by atomic mass is 19.3. The van der Waals surface area contributed by atoms with Crippen LogP contribution in [0.1, 0.15) is 6.42 Å². The van der Waals surface area contributed by atoms with Crippen molar-refractivity contribution in [1.29, 1.82) is 0 Å². The zero-order valence-corrected chi connectivity index (χ0v) is 6.44. The van der Waals surface area contributed by atoms with Crippen molar-refractivity contribution in [3.8, 4) is 0 Å². The van der Waals surface area contributed by atoms with Gasteiger partial charge in [-0.25, -0.2) is 8.78 Å². The Morgan fingerprint density at radius 2 is 2.00 bits per heavy atom. The summed E-state index contributed by atoms with van der Waals surface area (Å²) in [6, 6.07) is 0. The molecule has 0 atom stereocenters. The molecular formula is C7H11F2NO. The SMILES string of the molecule is CN1CC2(C1)CC(F)(F)CO2. The van der Waals surface area contributed by atoms with Crippen LogP contribution in [0.4, 0.5) is 8.78 Å². The molecule has 0 bridgehead atoms. The van der Waals surface area contributed by atoms with Crippen LogP contribution in [0.2, 0.25) is 0 Å². The first-order valence-electron chi connectivity index (χ1n) is 3.72. The first-order valence-corrected chi connectivity index (χ1v) is 3.72. The highest BCUT2D eigenvalue weighted by Crippen LogP contribution is 2.41. The Labute approximate surface area is 64.1 Å². The highest BCUT2D eigenvalue weighted by molar-refractivity contribution is 5.03. The fourth-order valence-corrected chi connectivity index (χ4v) is 1.97. The third kappa shape index (κ3) is 1.14. The van der Waals surface area contributed by atoms with Gasteiger partial charge in [0.15, 0.2) is 0 Å². The van der Waals surface area contributed by atoms with Crippen LogP contribution in [-0.4, -0.2) is 43.2 Å². The molecule has 0 radical (unpaired) electrons. The lowest BCUT2D eigenvalue weighted by Crippen LogP contribution is -2.59. The van der Waals surface area contributed by atoms with Crippen LogP contribution in [0.5, 0.6) is 0 Å². The maximum Gasteiger partial charge on any atom is 0.273 e. The lowest BCUT2D eigenvalue weighted by Gasteiger charge is -2.44. The summed E-state index contributed by atoms with van der Waals surface area (Å²) in [5, 5.41) is 0. The maximum atomic E-state index is 12.6. The molecule has 2 rings (SSSR count). The van der Waals surface area contributed by atoms with Crippen molar-refractivity contribution in [2.45, 2.75) is 17.9 Å². The van der Waals surface area contributed by atoms with Gasteiger partial charge in [0.25, 0.3) is 5.92 Å². The third-order valence-electron chi connectivity index (χ3n) is 2.29. The minimum absolute atomic E-state index is 0.0929. The van der Waals surface area contributed by atoms with E-state index in [1.807, 2.05) is 11.9 Å². The summed E-state index contributed by atoms with van der Waals surface area (Å²) >= 11 is 0. The van der Waals surface area contributed by atoms with Gasteiger partial charge in [0.1, 0.15) is 6.61 Å². The molecule has 0 aromatic heterocycles. The number of hydrogen-bond donors (Lipinski definition) is 0. The van der Waals surface area contributed by atoms with E-state index < -0.39 is 11.5 Å². The van der Waals surface area contributed by atoms with E-state index in [9.17, 15) is 8.78 Å². The Morgan fingerprint density at radius 3 is 2.36 bits per heavy atom. The van der Waals surface area contributed by atoms with Crippen LogP contribution < -0.4 is 0 Å². The topological polar surface area (TPSA) is 12.5 Å². The van der Waals surface area contributed by atoms with Crippen LogP contribution in [0, 0.1) is 0 Å². The molecule has 11 heavy (non-hydrogen) atoms. The second-order valence-corrected chi connectivity index (χ2v) is 3.68. The number of hydrogen-bond acceptors (Lipinski definition) is 2. The minimum atomic E-state index is -2.58. The smallest absolute Gasteiger partial charge is 0.273 e. The number of ether oxygens (including phenoxy) is 1. The van der Waals surface area contributed by atoms with Gasteiger partial charge in [-0.2, -0.15) is 0 Å². The van der Waals surface area contributed by atoms with Gasteiger partial charge in [-0.05, 0) is 7.05 Å². The molecule has 2 saturated heterocycles. The van der Waals surface area contributed by atoms with Crippen LogP contribution in [0.15, 0.2) is 0 Å². The number of likely N-dealkylation sites (N-methyl/N-ethyl adjacent to an activating group) is 1. The number of alkyl halides is 2. The molecule has 0 saturated carbocycles. The second-order valence-electron chi connectivity index (χ2n) is 3.68. The van der Waals surface area contributed by atoms with Crippen molar-refractivity contribution in [3.05, 3.63) is 0 Å². The molecule has 2 aliphatic rings. The van der Waals surface area contributed by atoms with Crippen molar-refractivity contribution >= 4 is 0 Å². The van der Waals surface area contributed by atoms with Gasteiger partial charge in [-0.15, -0.1) is 0 Å². The normalized spacial score (nSPS) is 34.1. The molecule has 2 aliphatic heterocycles. The van der Waals surface area contributed by atoms with Gasteiger partial charge >= 0.3 is 0 Å². The van der Waals surface area contributed by atoms with E-state index >= 15 is 0 Å². The van der Waals surface area contributed by atoms with Crippen LogP contribution in [-0.2, 0) is 4.74 Å². The van der Waals surface area contributed by atoms with Crippen molar-refractivity contribution in [2.24, 2.45) is 0 Å². The first kappa shape index (κ1) is 7.43. The zero-order chi connectivity index (χ0) is 8.11. The minimum Gasteiger partial charge on any atom is -0.366 e. The first-order chi connectivity index (χ1) is 5.02.